The van der Waals surface area contributed by atoms with Crippen molar-refractivity contribution in [1.82, 2.24) is 4.98 Å². The largest absolute Gasteiger partial charge is 0.390 e. The van der Waals surface area contributed by atoms with E-state index < -0.39 is 5.60 Å². The van der Waals surface area contributed by atoms with E-state index in [9.17, 15) is 5.11 Å². The molecule has 1 atom stereocenters. The average Bonchev–Trinajstić information content (AvgIpc) is 2.92. The molecule has 1 aliphatic rings. The molecule has 1 aromatic carbocycles. The molecular formula is C16H18N2O2. The van der Waals surface area contributed by atoms with E-state index in [0.717, 1.165) is 17.8 Å². The zero-order valence-electron chi connectivity index (χ0n) is 11.2. The second-order valence-electron chi connectivity index (χ2n) is 5.23. The Morgan fingerprint density at radius 3 is 2.75 bits per heavy atom. The first-order valence-corrected chi connectivity index (χ1v) is 6.80. The quantitative estimate of drug-likeness (QED) is 0.891. The van der Waals surface area contributed by atoms with Gasteiger partial charge in [-0.05, 0) is 24.1 Å². The maximum absolute atomic E-state index is 10.8. The molecule has 1 aliphatic heterocycles. The van der Waals surface area contributed by atoms with Gasteiger partial charge in [0.1, 0.15) is 5.60 Å². The highest BCUT2D eigenvalue weighted by atomic mass is 16.3. The monoisotopic (exact) mass is 270 g/mol. The Morgan fingerprint density at radius 1 is 1.20 bits per heavy atom. The average molecular weight is 270 g/mol. The van der Waals surface area contributed by atoms with Gasteiger partial charge in [0, 0.05) is 18.4 Å². The fourth-order valence-corrected chi connectivity index (χ4v) is 2.75. The van der Waals surface area contributed by atoms with E-state index in [2.05, 4.69) is 9.88 Å². The molecule has 0 amide bonds. The number of aliphatic hydroxyl groups excluding tert-OH is 1. The third-order valence-corrected chi connectivity index (χ3v) is 3.89. The number of hydrogen-bond acceptors (Lipinski definition) is 4. The number of nitrogens with zero attached hydrogens (tertiary/aromatic N) is 2. The van der Waals surface area contributed by atoms with Crippen LogP contribution in [0.2, 0.25) is 0 Å². The summed E-state index contributed by atoms with van der Waals surface area (Å²) in [5, 5.41) is 20.0. The molecule has 2 aromatic rings. The standard InChI is InChI=1S/C16H18N2O2/c19-11-14-10-15(6-8-17-14)18-9-7-16(20,12-18)13-4-2-1-3-5-13/h1-6,8,10,19-20H,7,9,11-12H2. The summed E-state index contributed by atoms with van der Waals surface area (Å²) >= 11 is 0. The molecule has 3 rings (SSSR count). The first kappa shape index (κ1) is 13.1. The lowest BCUT2D eigenvalue weighted by Crippen LogP contribution is -2.30. The molecule has 0 saturated carbocycles. The number of hydrogen-bond donors (Lipinski definition) is 2. The van der Waals surface area contributed by atoms with Crippen molar-refractivity contribution in [1.29, 1.82) is 0 Å². The minimum Gasteiger partial charge on any atom is -0.390 e. The molecule has 4 heteroatoms. The molecule has 2 heterocycles. The topological polar surface area (TPSA) is 56.6 Å². The second-order valence-corrected chi connectivity index (χ2v) is 5.23. The lowest BCUT2D eigenvalue weighted by Gasteiger charge is -2.25. The summed E-state index contributed by atoms with van der Waals surface area (Å²) in [6.07, 6.45) is 2.40. The summed E-state index contributed by atoms with van der Waals surface area (Å²) in [6.45, 7) is 1.29. The van der Waals surface area contributed by atoms with Crippen LogP contribution in [0, 0.1) is 0 Å². The zero-order valence-corrected chi connectivity index (χ0v) is 11.2. The van der Waals surface area contributed by atoms with Gasteiger partial charge >= 0.3 is 0 Å². The van der Waals surface area contributed by atoms with Gasteiger partial charge in [-0.15, -0.1) is 0 Å². The van der Waals surface area contributed by atoms with Crippen LogP contribution < -0.4 is 4.90 Å². The molecule has 20 heavy (non-hydrogen) atoms. The summed E-state index contributed by atoms with van der Waals surface area (Å²) < 4.78 is 0. The van der Waals surface area contributed by atoms with Crippen LogP contribution >= 0.6 is 0 Å². The Bertz CT molecular complexity index is 588. The van der Waals surface area contributed by atoms with E-state index in [1.807, 2.05) is 42.5 Å². The Labute approximate surface area is 118 Å². The zero-order chi connectivity index (χ0) is 14.0. The summed E-state index contributed by atoms with van der Waals surface area (Å²) in [6, 6.07) is 13.6. The van der Waals surface area contributed by atoms with Crippen molar-refractivity contribution in [2.24, 2.45) is 0 Å². The summed E-state index contributed by atoms with van der Waals surface area (Å²) in [7, 11) is 0. The molecular weight excluding hydrogens is 252 g/mol. The predicted octanol–water partition coefficient (Wildman–Crippen LogP) is 1.67. The van der Waals surface area contributed by atoms with Crippen molar-refractivity contribution in [3.8, 4) is 0 Å². The van der Waals surface area contributed by atoms with Crippen LogP contribution in [0.4, 0.5) is 5.69 Å². The third kappa shape index (κ3) is 2.40. The van der Waals surface area contributed by atoms with Gasteiger partial charge in [-0.1, -0.05) is 30.3 Å². The SMILES string of the molecule is OCc1cc(N2CCC(O)(c3ccccc3)C2)ccn1. The lowest BCUT2D eigenvalue weighted by molar-refractivity contribution is 0.0607. The molecule has 104 valence electrons. The van der Waals surface area contributed by atoms with Gasteiger partial charge in [0.25, 0.3) is 0 Å². The molecule has 0 radical (unpaired) electrons. The molecule has 1 unspecified atom stereocenters. The minimum atomic E-state index is -0.802. The van der Waals surface area contributed by atoms with Crippen LogP contribution in [0.25, 0.3) is 0 Å². The molecule has 1 aromatic heterocycles. The van der Waals surface area contributed by atoms with Gasteiger partial charge in [0.15, 0.2) is 0 Å². The number of rotatable bonds is 3. The van der Waals surface area contributed by atoms with Gasteiger partial charge in [-0.3, -0.25) is 4.98 Å². The van der Waals surface area contributed by atoms with Gasteiger partial charge in [-0.25, -0.2) is 0 Å². The van der Waals surface area contributed by atoms with E-state index in [-0.39, 0.29) is 6.61 Å². The summed E-state index contributed by atoms with van der Waals surface area (Å²) in [5.74, 6) is 0. The van der Waals surface area contributed by atoms with Crippen molar-refractivity contribution in [2.75, 3.05) is 18.0 Å². The maximum Gasteiger partial charge on any atom is 0.109 e. The van der Waals surface area contributed by atoms with Crippen molar-refractivity contribution >= 4 is 5.69 Å². The smallest absolute Gasteiger partial charge is 0.109 e. The normalized spacial score (nSPS) is 22.2. The van der Waals surface area contributed by atoms with Crippen LogP contribution in [0.15, 0.2) is 48.7 Å². The van der Waals surface area contributed by atoms with Gasteiger partial charge in [0.2, 0.25) is 0 Å². The lowest BCUT2D eigenvalue weighted by atomic mass is 9.93. The number of anilines is 1. The highest BCUT2D eigenvalue weighted by Crippen LogP contribution is 2.34. The van der Waals surface area contributed by atoms with E-state index in [1.165, 1.54) is 0 Å². The summed E-state index contributed by atoms with van der Waals surface area (Å²) in [5.41, 5.74) is 1.80. The first-order chi connectivity index (χ1) is 9.71. The maximum atomic E-state index is 10.8. The van der Waals surface area contributed by atoms with Crippen molar-refractivity contribution in [3.63, 3.8) is 0 Å². The Balaban J connectivity index is 1.82. The molecule has 0 spiro atoms. The van der Waals surface area contributed by atoms with Crippen LogP contribution in [-0.2, 0) is 12.2 Å². The molecule has 0 aliphatic carbocycles. The molecule has 4 nitrogen and oxygen atoms in total. The minimum absolute atomic E-state index is 0.0648. The Kier molecular flexibility index (Phi) is 3.42. The van der Waals surface area contributed by atoms with Crippen LogP contribution in [-0.4, -0.2) is 28.3 Å². The van der Waals surface area contributed by atoms with Crippen LogP contribution in [0.5, 0.6) is 0 Å². The van der Waals surface area contributed by atoms with E-state index in [0.29, 0.717) is 18.7 Å². The molecule has 1 fully saturated rings. The van der Waals surface area contributed by atoms with Crippen LogP contribution in [0.3, 0.4) is 0 Å². The van der Waals surface area contributed by atoms with Crippen molar-refractivity contribution in [3.05, 3.63) is 59.9 Å². The first-order valence-electron chi connectivity index (χ1n) is 6.80. The van der Waals surface area contributed by atoms with E-state index in [4.69, 9.17) is 5.11 Å². The van der Waals surface area contributed by atoms with E-state index >= 15 is 0 Å². The van der Waals surface area contributed by atoms with Gasteiger partial charge in [0.05, 0.1) is 18.8 Å². The Morgan fingerprint density at radius 2 is 2.00 bits per heavy atom. The van der Waals surface area contributed by atoms with Gasteiger partial charge < -0.3 is 15.1 Å². The van der Waals surface area contributed by atoms with Gasteiger partial charge in [-0.2, -0.15) is 0 Å². The molecule has 0 bridgehead atoms. The fourth-order valence-electron chi connectivity index (χ4n) is 2.75. The number of pyridine rings is 1. The van der Waals surface area contributed by atoms with E-state index in [1.54, 1.807) is 6.20 Å². The Hall–Kier alpha value is -1.91. The number of benzene rings is 1. The molecule has 2 N–H and O–H groups in total. The number of aliphatic hydroxyl groups is 2. The highest BCUT2D eigenvalue weighted by molar-refractivity contribution is 5.49. The highest BCUT2D eigenvalue weighted by Gasteiger charge is 2.37. The number of β-amino-alcohol motifs (C(OH)–C–C–N with tert-alkyl or cyclic N) is 1. The number of aromatic nitrogens is 1. The van der Waals surface area contributed by atoms with Crippen LogP contribution in [0.1, 0.15) is 17.7 Å². The molecule has 1 saturated heterocycles. The third-order valence-electron chi connectivity index (χ3n) is 3.89. The van der Waals surface area contributed by atoms with Crippen molar-refractivity contribution < 1.29 is 10.2 Å². The fraction of sp³-hybridized carbons (Fsp3) is 0.312. The summed E-state index contributed by atoms with van der Waals surface area (Å²) in [4.78, 5) is 6.22. The second kappa shape index (κ2) is 5.23. The van der Waals surface area contributed by atoms with Crippen molar-refractivity contribution in [2.45, 2.75) is 18.6 Å². The predicted molar refractivity (Wildman–Crippen MR) is 77.3 cm³/mol.